The number of ether oxygens (including phenoxy) is 1. The normalized spacial score (nSPS) is 24.5. The third-order valence-corrected chi connectivity index (χ3v) is 4.99. The van der Waals surface area contributed by atoms with Crippen LogP contribution in [0.4, 0.5) is 0 Å². The zero-order chi connectivity index (χ0) is 15.6. The molecule has 2 aromatic rings. The summed E-state index contributed by atoms with van der Waals surface area (Å²) in [5.41, 5.74) is 0.734. The predicted molar refractivity (Wildman–Crippen MR) is 90.6 cm³/mol. The molecular formula is C19H22N2O2. The van der Waals surface area contributed by atoms with Crippen LogP contribution in [0.25, 0.3) is 10.8 Å². The van der Waals surface area contributed by atoms with E-state index in [1.165, 1.54) is 19.4 Å². The number of hydrogen-bond acceptors (Lipinski definition) is 3. The van der Waals surface area contributed by atoms with Crippen molar-refractivity contribution in [1.82, 2.24) is 10.2 Å². The number of rotatable bonds is 3. The molecule has 2 atom stereocenters. The van der Waals surface area contributed by atoms with Crippen molar-refractivity contribution < 1.29 is 9.53 Å². The molecule has 1 amide bonds. The molecular weight excluding hydrogens is 288 g/mol. The lowest BCUT2D eigenvalue weighted by Crippen LogP contribution is -2.50. The molecule has 4 rings (SSSR count). The van der Waals surface area contributed by atoms with Gasteiger partial charge in [-0.25, -0.2) is 0 Å². The lowest BCUT2D eigenvalue weighted by atomic mass is 10.0. The highest BCUT2D eigenvalue weighted by molar-refractivity contribution is 6.06. The molecule has 2 heterocycles. The van der Waals surface area contributed by atoms with Crippen molar-refractivity contribution in [3.63, 3.8) is 0 Å². The molecule has 23 heavy (non-hydrogen) atoms. The van der Waals surface area contributed by atoms with Crippen LogP contribution in [0.15, 0.2) is 42.5 Å². The Morgan fingerprint density at radius 1 is 1.22 bits per heavy atom. The molecule has 0 bridgehead atoms. The molecule has 120 valence electrons. The Labute approximate surface area is 136 Å². The van der Waals surface area contributed by atoms with Gasteiger partial charge in [0.05, 0.1) is 12.7 Å². The lowest BCUT2D eigenvalue weighted by molar-refractivity contribution is -0.0461. The summed E-state index contributed by atoms with van der Waals surface area (Å²) in [5.74, 6) is -0.0195. The Hall–Kier alpha value is -1.91. The minimum atomic E-state index is -0.0195. The maximum atomic E-state index is 12.5. The summed E-state index contributed by atoms with van der Waals surface area (Å²) in [6.45, 7) is 3.47. The van der Waals surface area contributed by atoms with Gasteiger partial charge in [0.15, 0.2) is 0 Å². The molecule has 1 N–H and O–H groups in total. The summed E-state index contributed by atoms with van der Waals surface area (Å²) in [6.07, 6.45) is 2.61. The molecule has 0 radical (unpaired) electrons. The van der Waals surface area contributed by atoms with Gasteiger partial charge in [0.25, 0.3) is 5.91 Å². The molecule has 0 aromatic heterocycles. The van der Waals surface area contributed by atoms with E-state index in [9.17, 15) is 4.79 Å². The van der Waals surface area contributed by atoms with Crippen molar-refractivity contribution in [3.8, 4) is 0 Å². The maximum absolute atomic E-state index is 12.5. The average molecular weight is 310 g/mol. The molecule has 2 aliphatic heterocycles. The number of amides is 1. The monoisotopic (exact) mass is 310 g/mol. The molecule has 2 fully saturated rings. The second-order valence-corrected chi connectivity index (χ2v) is 6.48. The van der Waals surface area contributed by atoms with Gasteiger partial charge in [-0.2, -0.15) is 0 Å². The molecule has 2 aliphatic rings. The van der Waals surface area contributed by atoms with Crippen LogP contribution in [0, 0.1) is 0 Å². The standard InChI is InChI=1S/C19H22N2O2/c22-19(18-9-3-6-14-5-1-2-8-17(14)18)20-11-16-12-21-10-4-7-15(21)13-23-16/h1-3,5-6,8-9,15-16H,4,7,10-13H2,(H,20,22)/t15-,16-/m0/s1. The Balaban J connectivity index is 1.41. The first kappa shape index (κ1) is 14.7. The van der Waals surface area contributed by atoms with Crippen LogP contribution in [0.5, 0.6) is 0 Å². The topological polar surface area (TPSA) is 41.6 Å². The number of hydrogen-bond donors (Lipinski definition) is 1. The van der Waals surface area contributed by atoms with Crippen molar-refractivity contribution >= 4 is 16.7 Å². The minimum absolute atomic E-state index is 0.0195. The van der Waals surface area contributed by atoms with E-state index in [0.29, 0.717) is 12.6 Å². The van der Waals surface area contributed by atoms with Gasteiger partial charge in [-0.15, -0.1) is 0 Å². The highest BCUT2D eigenvalue weighted by atomic mass is 16.5. The zero-order valence-corrected chi connectivity index (χ0v) is 13.2. The van der Waals surface area contributed by atoms with Crippen molar-refractivity contribution in [1.29, 1.82) is 0 Å². The van der Waals surface area contributed by atoms with E-state index in [1.807, 2.05) is 42.5 Å². The van der Waals surface area contributed by atoms with E-state index in [2.05, 4.69) is 10.2 Å². The fourth-order valence-corrected chi connectivity index (χ4v) is 3.73. The first-order chi connectivity index (χ1) is 11.3. The van der Waals surface area contributed by atoms with Crippen LogP contribution in [0.3, 0.4) is 0 Å². The summed E-state index contributed by atoms with van der Waals surface area (Å²) >= 11 is 0. The first-order valence-electron chi connectivity index (χ1n) is 8.43. The number of carbonyl (C=O) groups is 1. The number of morpholine rings is 1. The third-order valence-electron chi connectivity index (χ3n) is 4.99. The van der Waals surface area contributed by atoms with Crippen molar-refractivity contribution in [2.24, 2.45) is 0 Å². The highest BCUT2D eigenvalue weighted by Crippen LogP contribution is 2.22. The summed E-state index contributed by atoms with van der Waals surface area (Å²) in [4.78, 5) is 15.0. The van der Waals surface area contributed by atoms with E-state index < -0.39 is 0 Å². The summed E-state index contributed by atoms with van der Waals surface area (Å²) in [6, 6.07) is 14.4. The number of nitrogens with zero attached hydrogens (tertiary/aromatic N) is 1. The van der Waals surface area contributed by atoms with E-state index >= 15 is 0 Å². The second kappa shape index (κ2) is 6.30. The quantitative estimate of drug-likeness (QED) is 0.947. The van der Waals surface area contributed by atoms with Crippen LogP contribution >= 0.6 is 0 Å². The Morgan fingerprint density at radius 2 is 2.09 bits per heavy atom. The Bertz CT molecular complexity index is 710. The van der Waals surface area contributed by atoms with Crippen LogP contribution in [-0.4, -0.2) is 49.2 Å². The number of nitrogens with one attached hydrogen (secondary N) is 1. The summed E-state index contributed by atoms with van der Waals surface area (Å²) in [7, 11) is 0. The molecule has 0 saturated carbocycles. The molecule has 0 spiro atoms. The van der Waals surface area contributed by atoms with Gasteiger partial charge in [0.2, 0.25) is 0 Å². The van der Waals surface area contributed by atoms with Crippen molar-refractivity contribution in [2.75, 3.05) is 26.2 Å². The molecule has 0 aliphatic carbocycles. The number of benzene rings is 2. The molecule has 0 unspecified atom stereocenters. The van der Waals surface area contributed by atoms with Crippen LogP contribution in [-0.2, 0) is 4.74 Å². The fraction of sp³-hybridized carbons (Fsp3) is 0.421. The van der Waals surface area contributed by atoms with Gasteiger partial charge in [-0.05, 0) is 36.2 Å². The summed E-state index contributed by atoms with van der Waals surface area (Å²) in [5, 5.41) is 5.14. The molecule has 2 saturated heterocycles. The first-order valence-corrected chi connectivity index (χ1v) is 8.43. The Kier molecular flexibility index (Phi) is 4.02. The van der Waals surface area contributed by atoms with Gasteiger partial charge in [0.1, 0.15) is 0 Å². The number of fused-ring (bicyclic) bond motifs is 2. The van der Waals surface area contributed by atoms with Crippen LogP contribution in [0.1, 0.15) is 23.2 Å². The van der Waals surface area contributed by atoms with Crippen molar-refractivity contribution in [3.05, 3.63) is 48.0 Å². The molecule has 2 aromatic carbocycles. The average Bonchev–Trinajstić information content (AvgIpc) is 3.07. The maximum Gasteiger partial charge on any atom is 0.252 e. The van der Waals surface area contributed by atoms with Crippen LogP contribution in [0.2, 0.25) is 0 Å². The summed E-state index contributed by atoms with van der Waals surface area (Å²) < 4.78 is 5.91. The zero-order valence-electron chi connectivity index (χ0n) is 13.2. The van der Waals surface area contributed by atoms with Gasteiger partial charge in [-0.3, -0.25) is 9.69 Å². The fourth-order valence-electron chi connectivity index (χ4n) is 3.73. The van der Waals surface area contributed by atoms with Crippen molar-refractivity contribution in [2.45, 2.75) is 25.0 Å². The third kappa shape index (κ3) is 2.96. The highest BCUT2D eigenvalue weighted by Gasteiger charge is 2.32. The molecule has 4 heteroatoms. The van der Waals surface area contributed by atoms with E-state index in [1.54, 1.807) is 0 Å². The largest absolute Gasteiger partial charge is 0.373 e. The predicted octanol–water partition coefficient (Wildman–Crippen LogP) is 2.43. The van der Waals surface area contributed by atoms with Gasteiger partial charge in [0, 0.05) is 24.7 Å². The van der Waals surface area contributed by atoms with Gasteiger partial charge in [-0.1, -0.05) is 36.4 Å². The smallest absolute Gasteiger partial charge is 0.252 e. The number of carbonyl (C=O) groups excluding carboxylic acids is 1. The van der Waals surface area contributed by atoms with E-state index in [0.717, 1.165) is 29.5 Å². The SMILES string of the molecule is O=C(NC[C@H]1CN2CCC[C@H]2CO1)c1cccc2ccccc12. The molecule has 4 nitrogen and oxygen atoms in total. The Morgan fingerprint density at radius 3 is 3.04 bits per heavy atom. The minimum Gasteiger partial charge on any atom is -0.373 e. The van der Waals surface area contributed by atoms with E-state index in [-0.39, 0.29) is 12.0 Å². The second-order valence-electron chi connectivity index (χ2n) is 6.48. The lowest BCUT2D eigenvalue weighted by Gasteiger charge is -2.35. The van der Waals surface area contributed by atoms with E-state index in [4.69, 9.17) is 4.74 Å². The van der Waals surface area contributed by atoms with Gasteiger partial charge < -0.3 is 10.1 Å². The van der Waals surface area contributed by atoms with Crippen LogP contribution < -0.4 is 5.32 Å². The van der Waals surface area contributed by atoms with Gasteiger partial charge >= 0.3 is 0 Å².